The summed E-state index contributed by atoms with van der Waals surface area (Å²) < 4.78 is 0. The second kappa shape index (κ2) is 4.94. The number of amides is 1. The molecular formula is C11H14N2OS. The monoisotopic (exact) mass is 222 g/mol. The van der Waals surface area contributed by atoms with Gasteiger partial charge >= 0.3 is 0 Å². The van der Waals surface area contributed by atoms with Gasteiger partial charge in [-0.05, 0) is 30.9 Å². The lowest BCUT2D eigenvalue weighted by molar-refractivity contribution is 0.0789. The predicted molar refractivity (Wildman–Crippen MR) is 60.8 cm³/mol. The number of rotatable bonds is 3. The third-order valence-electron chi connectivity index (χ3n) is 2.17. The van der Waals surface area contributed by atoms with Gasteiger partial charge in [-0.1, -0.05) is 0 Å². The van der Waals surface area contributed by atoms with Crippen molar-refractivity contribution in [2.45, 2.75) is 13.8 Å². The van der Waals surface area contributed by atoms with Crippen LogP contribution in [-0.4, -0.2) is 24.4 Å². The highest BCUT2D eigenvalue weighted by Crippen LogP contribution is 2.17. The van der Waals surface area contributed by atoms with E-state index in [1.165, 1.54) is 11.3 Å². The lowest BCUT2D eigenvalue weighted by Crippen LogP contribution is -2.30. The van der Waals surface area contributed by atoms with Gasteiger partial charge in [-0.3, -0.25) is 4.79 Å². The maximum Gasteiger partial charge on any atom is 0.263 e. The van der Waals surface area contributed by atoms with Crippen LogP contribution < -0.4 is 0 Å². The maximum absolute atomic E-state index is 11.9. The molecule has 1 unspecified atom stereocenters. The Labute approximate surface area is 93.9 Å². The van der Waals surface area contributed by atoms with E-state index in [1.54, 1.807) is 11.9 Å². The fourth-order valence-electron chi connectivity index (χ4n) is 1.30. The Balaban J connectivity index is 2.70. The van der Waals surface area contributed by atoms with Crippen molar-refractivity contribution in [1.82, 2.24) is 4.90 Å². The van der Waals surface area contributed by atoms with E-state index in [-0.39, 0.29) is 11.8 Å². The zero-order chi connectivity index (χ0) is 11.4. The highest BCUT2D eigenvalue weighted by Gasteiger charge is 2.16. The Morgan fingerprint density at radius 3 is 2.87 bits per heavy atom. The summed E-state index contributed by atoms with van der Waals surface area (Å²) in [5, 5.41) is 10.6. The molecule has 3 nitrogen and oxygen atoms in total. The van der Waals surface area contributed by atoms with E-state index in [0.717, 1.165) is 10.4 Å². The summed E-state index contributed by atoms with van der Waals surface area (Å²) in [5.74, 6) is -0.121. The number of aryl methyl sites for hydroxylation is 1. The Hall–Kier alpha value is -1.34. The van der Waals surface area contributed by atoms with Crippen LogP contribution in [0.2, 0.25) is 0 Å². The molecule has 1 atom stereocenters. The minimum Gasteiger partial charge on any atom is -0.340 e. The fourth-order valence-corrected chi connectivity index (χ4v) is 2.22. The summed E-state index contributed by atoms with van der Waals surface area (Å²) in [4.78, 5) is 14.3. The van der Waals surface area contributed by atoms with E-state index in [4.69, 9.17) is 5.26 Å². The van der Waals surface area contributed by atoms with Crippen LogP contribution >= 0.6 is 11.3 Å². The standard InChI is InChI=1S/C11H14N2OS/c1-8(6-12)7-13(3)11(14)10-9(2)4-5-15-10/h4-5,8H,7H2,1-3H3. The van der Waals surface area contributed by atoms with Crippen molar-refractivity contribution in [3.63, 3.8) is 0 Å². The van der Waals surface area contributed by atoms with Crippen molar-refractivity contribution in [1.29, 1.82) is 5.26 Å². The van der Waals surface area contributed by atoms with Crippen molar-refractivity contribution in [2.75, 3.05) is 13.6 Å². The molecule has 0 radical (unpaired) electrons. The second-order valence-corrected chi connectivity index (χ2v) is 4.56. The number of thiophene rings is 1. The minimum absolute atomic E-state index is 0.00426. The van der Waals surface area contributed by atoms with Crippen LogP contribution in [0.3, 0.4) is 0 Å². The SMILES string of the molecule is Cc1ccsc1C(=O)N(C)CC(C)C#N. The van der Waals surface area contributed by atoms with Crippen LogP contribution in [0.1, 0.15) is 22.2 Å². The number of nitrogens with zero attached hydrogens (tertiary/aromatic N) is 2. The molecule has 0 aliphatic carbocycles. The maximum atomic E-state index is 11.9. The molecule has 4 heteroatoms. The first kappa shape index (κ1) is 11.7. The van der Waals surface area contributed by atoms with E-state index in [1.807, 2.05) is 25.3 Å². The van der Waals surface area contributed by atoms with Crippen LogP contribution in [0.25, 0.3) is 0 Å². The van der Waals surface area contributed by atoms with Gasteiger partial charge in [-0.2, -0.15) is 5.26 Å². The van der Waals surface area contributed by atoms with Crippen molar-refractivity contribution >= 4 is 17.2 Å². The minimum atomic E-state index is -0.126. The van der Waals surface area contributed by atoms with Gasteiger partial charge in [0, 0.05) is 13.6 Å². The Kier molecular flexibility index (Phi) is 3.87. The van der Waals surface area contributed by atoms with E-state index < -0.39 is 0 Å². The molecule has 0 fully saturated rings. The second-order valence-electron chi connectivity index (χ2n) is 3.65. The Morgan fingerprint density at radius 2 is 2.40 bits per heavy atom. The number of hydrogen-bond acceptors (Lipinski definition) is 3. The molecule has 15 heavy (non-hydrogen) atoms. The van der Waals surface area contributed by atoms with Crippen molar-refractivity contribution < 1.29 is 4.79 Å². The fraction of sp³-hybridized carbons (Fsp3) is 0.455. The summed E-state index contributed by atoms with van der Waals surface area (Å²) in [6.07, 6.45) is 0. The van der Waals surface area contributed by atoms with Gasteiger partial charge < -0.3 is 4.90 Å². The lowest BCUT2D eigenvalue weighted by atomic mass is 10.2. The third-order valence-corrected chi connectivity index (χ3v) is 3.18. The molecule has 0 aromatic carbocycles. The number of carbonyl (C=O) groups is 1. The average Bonchev–Trinajstić information content (AvgIpc) is 2.63. The quantitative estimate of drug-likeness (QED) is 0.787. The van der Waals surface area contributed by atoms with Gasteiger partial charge in [0.1, 0.15) is 0 Å². The predicted octanol–water partition coefficient (Wildman–Crippen LogP) is 2.29. The topological polar surface area (TPSA) is 44.1 Å². The molecule has 1 aromatic heterocycles. The molecule has 0 saturated carbocycles. The van der Waals surface area contributed by atoms with Crippen LogP contribution in [0.5, 0.6) is 0 Å². The van der Waals surface area contributed by atoms with Gasteiger partial charge in [-0.15, -0.1) is 11.3 Å². The Morgan fingerprint density at radius 1 is 1.73 bits per heavy atom. The molecule has 1 amide bonds. The van der Waals surface area contributed by atoms with Gasteiger partial charge in [-0.25, -0.2) is 0 Å². The molecule has 0 spiro atoms. The largest absolute Gasteiger partial charge is 0.340 e. The smallest absolute Gasteiger partial charge is 0.263 e. The van der Waals surface area contributed by atoms with Crippen molar-refractivity contribution in [3.8, 4) is 6.07 Å². The normalized spacial score (nSPS) is 11.9. The number of hydrogen-bond donors (Lipinski definition) is 0. The Bertz CT molecular complexity index is 392. The molecule has 80 valence electrons. The van der Waals surface area contributed by atoms with Gasteiger partial charge in [0.15, 0.2) is 0 Å². The van der Waals surface area contributed by atoms with Crippen LogP contribution in [0.15, 0.2) is 11.4 Å². The van der Waals surface area contributed by atoms with E-state index in [9.17, 15) is 4.79 Å². The molecule has 1 aromatic rings. The van der Waals surface area contributed by atoms with Gasteiger partial charge in [0.25, 0.3) is 5.91 Å². The first-order valence-corrected chi connectivity index (χ1v) is 5.63. The zero-order valence-electron chi connectivity index (χ0n) is 9.15. The van der Waals surface area contributed by atoms with Gasteiger partial charge in [0.05, 0.1) is 16.9 Å². The first-order chi connectivity index (χ1) is 7.06. The first-order valence-electron chi connectivity index (χ1n) is 4.75. The highest BCUT2D eigenvalue weighted by molar-refractivity contribution is 7.12. The molecule has 0 saturated heterocycles. The van der Waals surface area contributed by atoms with Gasteiger partial charge in [0.2, 0.25) is 0 Å². The molecule has 0 N–H and O–H groups in total. The van der Waals surface area contributed by atoms with Crippen LogP contribution in [0, 0.1) is 24.2 Å². The van der Waals surface area contributed by atoms with Crippen molar-refractivity contribution in [3.05, 3.63) is 21.9 Å². The molecule has 0 aliphatic heterocycles. The number of carbonyl (C=O) groups excluding carboxylic acids is 1. The van der Waals surface area contributed by atoms with Crippen molar-refractivity contribution in [2.24, 2.45) is 5.92 Å². The average molecular weight is 222 g/mol. The number of nitriles is 1. The summed E-state index contributed by atoms with van der Waals surface area (Å²) in [6, 6.07) is 4.05. The summed E-state index contributed by atoms with van der Waals surface area (Å²) in [7, 11) is 1.73. The molecular weight excluding hydrogens is 208 g/mol. The molecule has 1 heterocycles. The molecule has 0 bridgehead atoms. The highest BCUT2D eigenvalue weighted by atomic mass is 32.1. The summed E-state index contributed by atoms with van der Waals surface area (Å²) in [5.41, 5.74) is 1.00. The van der Waals surface area contributed by atoms with Crippen LogP contribution in [-0.2, 0) is 0 Å². The van der Waals surface area contributed by atoms with Crippen LogP contribution in [0.4, 0.5) is 0 Å². The summed E-state index contributed by atoms with van der Waals surface area (Å²) in [6.45, 7) is 4.21. The molecule has 0 aliphatic rings. The van der Waals surface area contributed by atoms with E-state index >= 15 is 0 Å². The van der Waals surface area contributed by atoms with E-state index in [2.05, 4.69) is 6.07 Å². The van der Waals surface area contributed by atoms with E-state index in [0.29, 0.717) is 6.54 Å². The zero-order valence-corrected chi connectivity index (χ0v) is 9.97. The third kappa shape index (κ3) is 2.80. The molecule has 1 rings (SSSR count). The summed E-state index contributed by atoms with van der Waals surface area (Å²) >= 11 is 1.45. The lowest BCUT2D eigenvalue weighted by Gasteiger charge is -2.17.